The monoisotopic (exact) mass is 484 g/mol. The molecule has 6 rings (SSSR count). The molecule has 4 aromatic rings. The zero-order valence-electron chi connectivity index (χ0n) is 15.9. The van der Waals surface area contributed by atoms with Crippen molar-refractivity contribution >= 4 is 23.5 Å². The molecule has 11 heteroatoms. The van der Waals surface area contributed by atoms with Crippen LogP contribution in [0.3, 0.4) is 0 Å². The molecule has 2 atom stereocenters. The van der Waals surface area contributed by atoms with Crippen molar-refractivity contribution in [3.63, 3.8) is 0 Å². The summed E-state index contributed by atoms with van der Waals surface area (Å²) in [6.07, 6.45) is 7.78. The van der Waals surface area contributed by atoms with Crippen LogP contribution in [0.1, 0.15) is 30.7 Å². The molecule has 0 aliphatic heterocycles. The molecule has 2 aromatic heterocycles. The molecule has 0 spiro atoms. The molecule has 0 radical (unpaired) electrons. The quantitative estimate of drug-likeness (QED) is 0.280. The third-order valence-electron chi connectivity index (χ3n) is 5.37. The third-order valence-corrected chi connectivity index (χ3v) is 8.31. The van der Waals surface area contributed by atoms with E-state index in [-0.39, 0.29) is 33.3 Å². The van der Waals surface area contributed by atoms with Crippen molar-refractivity contribution in [2.45, 2.75) is 8.45 Å². The third kappa shape index (κ3) is 3.66. The van der Waals surface area contributed by atoms with Gasteiger partial charge in [0.05, 0.1) is 0 Å². The van der Waals surface area contributed by atoms with Crippen LogP contribution < -0.4 is 24.8 Å². The summed E-state index contributed by atoms with van der Waals surface area (Å²) >= 11 is -0.599. The largest absolute Gasteiger partial charge is 1.00 e. The van der Waals surface area contributed by atoms with Gasteiger partial charge in [-0.1, -0.05) is 0 Å². The first kappa shape index (κ1) is 21.6. The van der Waals surface area contributed by atoms with Crippen LogP contribution in [0.15, 0.2) is 61.2 Å². The SMILES string of the molecule is C1=C(n2cnnn2)[CH]([Ti+2][CH]2C(n3cnnn3)=Cc3ccccc32)c2ccccc21.[Cl-].[Cl-]. The number of hydrogen-bond acceptors (Lipinski definition) is 6. The predicted octanol–water partition coefficient (Wildman–Crippen LogP) is -3.44. The Balaban J connectivity index is 0.00000116. The van der Waals surface area contributed by atoms with Crippen molar-refractivity contribution < 1.29 is 44.0 Å². The number of hydrogen-bond donors (Lipinski definition) is 0. The van der Waals surface area contributed by atoms with E-state index in [4.69, 9.17) is 0 Å². The van der Waals surface area contributed by atoms with Crippen molar-refractivity contribution in [3.8, 4) is 0 Å². The van der Waals surface area contributed by atoms with E-state index in [1.54, 1.807) is 22.0 Å². The first-order valence-corrected chi connectivity index (χ1v) is 11.0. The van der Waals surface area contributed by atoms with Crippen molar-refractivity contribution in [3.05, 3.63) is 83.4 Å². The topological polar surface area (TPSA) is 87.2 Å². The van der Waals surface area contributed by atoms with Crippen LogP contribution >= 0.6 is 0 Å². The number of rotatable bonds is 4. The van der Waals surface area contributed by atoms with Gasteiger partial charge in [-0.2, -0.15) is 0 Å². The molecule has 0 bridgehead atoms. The Morgan fingerprint density at radius 3 is 1.52 bits per heavy atom. The number of tetrazole rings is 2. The summed E-state index contributed by atoms with van der Waals surface area (Å²) < 4.78 is 4.17. The van der Waals surface area contributed by atoms with Crippen LogP contribution in [0.4, 0.5) is 0 Å². The summed E-state index contributed by atoms with van der Waals surface area (Å²) in [6, 6.07) is 17.1. The Kier molecular flexibility index (Phi) is 6.16. The Hall–Kier alpha value is -2.65. The molecule has 31 heavy (non-hydrogen) atoms. The average Bonchev–Trinajstić information content (AvgIpc) is 3.55. The molecule has 2 aliphatic rings. The average molecular weight is 485 g/mol. The van der Waals surface area contributed by atoms with Gasteiger partial charge in [0.15, 0.2) is 0 Å². The molecule has 0 saturated heterocycles. The minimum atomic E-state index is -0.599. The number of fused-ring (bicyclic) bond motifs is 2. The molecule has 0 amide bonds. The number of allylic oxidation sites excluding steroid dienone is 2. The Morgan fingerprint density at radius 2 is 1.10 bits per heavy atom. The Morgan fingerprint density at radius 1 is 0.645 bits per heavy atom. The predicted molar refractivity (Wildman–Crippen MR) is 102 cm³/mol. The van der Waals surface area contributed by atoms with E-state index in [0.29, 0.717) is 0 Å². The maximum Gasteiger partial charge on any atom is -1.00 e. The van der Waals surface area contributed by atoms with Crippen molar-refractivity contribution in [1.29, 1.82) is 0 Å². The maximum absolute atomic E-state index is 4.17. The molecule has 0 fully saturated rings. The van der Waals surface area contributed by atoms with Crippen molar-refractivity contribution in [1.82, 2.24) is 40.4 Å². The van der Waals surface area contributed by atoms with Crippen molar-refractivity contribution in [2.24, 2.45) is 0 Å². The molecule has 2 aromatic carbocycles. The van der Waals surface area contributed by atoms with Crippen LogP contribution in [0.5, 0.6) is 0 Å². The van der Waals surface area contributed by atoms with E-state index >= 15 is 0 Å². The van der Waals surface area contributed by atoms with Gasteiger partial charge in [-0.3, -0.25) is 0 Å². The number of nitrogens with zero attached hydrogens (tertiary/aromatic N) is 8. The minimum Gasteiger partial charge on any atom is -1.00 e. The molecule has 8 nitrogen and oxygen atoms in total. The second-order valence-electron chi connectivity index (χ2n) is 6.94. The van der Waals surface area contributed by atoms with Crippen LogP contribution in [-0.4, -0.2) is 40.4 Å². The molecular weight excluding hydrogens is 471 g/mol. The molecule has 0 saturated carbocycles. The normalized spacial score (nSPS) is 18.1. The molecule has 2 heterocycles. The zero-order valence-corrected chi connectivity index (χ0v) is 19.0. The first-order chi connectivity index (χ1) is 14.4. The Bertz CT molecular complexity index is 1160. The van der Waals surface area contributed by atoms with Gasteiger partial charge in [-0.15, -0.1) is 0 Å². The second kappa shape index (κ2) is 8.84. The van der Waals surface area contributed by atoms with Crippen LogP contribution in [-0.2, 0) is 19.2 Å². The van der Waals surface area contributed by atoms with Gasteiger partial charge >= 0.3 is 175 Å². The van der Waals surface area contributed by atoms with Gasteiger partial charge in [-0.25, -0.2) is 0 Å². The maximum atomic E-state index is 4.17. The number of aromatic nitrogens is 8. The van der Waals surface area contributed by atoms with Crippen LogP contribution in [0.25, 0.3) is 23.5 Å². The summed E-state index contributed by atoms with van der Waals surface area (Å²) in [7, 11) is 0. The summed E-state index contributed by atoms with van der Waals surface area (Å²) in [5, 5.41) is 23.8. The fourth-order valence-electron chi connectivity index (χ4n) is 4.09. The summed E-state index contributed by atoms with van der Waals surface area (Å²) in [5.41, 5.74) is 7.45. The summed E-state index contributed by atoms with van der Waals surface area (Å²) in [6.45, 7) is 0. The van der Waals surface area contributed by atoms with Gasteiger partial charge in [0.25, 0.3) is 0 Å². The minimum absolute atomic E-state index is 0. The van der Waals surface area contributed by atoms with Crippen molar-refractivity contribution in [2.75, 3.05) is 0 Å². The van der Waals surface area contributed by atoms with Gasteiger partial charge in [0.2, 0.25) is 0 Å². The van der Waals surface area contributed by atoms with E-state index in [1.165, 1.54) is 22.3 Å². The summed E-state index contributed by atoms with van der Waals surface area (Å²) in [4.78, 5) is 0. The van der Waals surface area contributed by atoms with E-state index in [0.717, 1.165) is 11.4 Å². The fourth-order valence-corrected chi connectivity index (χ4v) is 7.20. The standard InChI is InChI=1S/2C10H7N4.2ClH.Ti/c2*1-2-4-9-6-10(5-8(9)3-1)14-7-11-12-13-14;;;/h2*1-7H;2*1H;/q;;;;+2/p-2. The number of halogens is 2. The number of benzene rings is 2. The van der Waals surface area contributed by atoms with Gasteiger partial charge < -0.3 is 24.8 Å². The zero-order chi connectivity index (χ0) is 19.2. The molecule has 0 N–H and O–H groups in total. The smallest absolute Gasteiger partial charge is 1.00 e. The van der Waals surface area contributed by atoms with E-state index < -0.39 is 19.2 Å². The van der Waals surface area contributed by atoms with E-state index in [9.17, 15) is 0 Å². The fraction of sp³-hybridized carbons (Fsp3) is 0.100. The van der Waals surface area contributed by atoms with Gasteiger partial charge in [0.1, 0.15) is 0 Å². The van der Waals surface area contributed by atoms with E-state index in [1.807, 2.05) is 0 Å². The molecule has 2 unspecified atom stereocenters. The van der Waals surface area contributed by atoms with Crippen LogP contribution in [0.2, 0.25) is 0 Å². The molecule has 152 valence electrons. The Labute approximate surface area is 199 Å². The van der Waals surface area contributed by atoms with Gasteiger partial charge in [-0.05, 0) is 0 Å². The van der Waals surface area contributed by atoms with E-state index in [2.05, 4.69) is 91.7 Å². The summed E-state index contributed by atoms with van der Waals surface area (Å²) in [5.74, 6) is 0. The first-order valence-electron chi connectivity index (χ1n) is 9.22. The second-order valence-corrected chi connectivity index (χ2v) is 9.26. The molecule has 2 aliphatic carbocycles. The molecular formula is C20H14Cl2N8Ti. The van der Waals surface area contributed by atoms with Gasteiger partial charge in [0, 0.05) is 0 Å². The van der Waals surface area contributed by atoms with Crippen LogP contribution in [0, 0.1) is 0 Å².